The summed E-state index contributed by atoms with van der Waals surface area (Å²) in [6.45, 7) is 1.82. The van der Waals surface area contributed by atoms with Crippen LogP contribution in [-0.4, -0.2) is 31.3 Å². The molecule has 1 aromatic carbocycles. The molecule has 0 amide bonds. The number of aromatic nitrogens is 5. The average Bonchev–Trinajstić information content (AvgIpc) is 3.29. The number of hydrogen-bond acceptors (Lipinski definition) is 4. The van der Waals surface area contributed by atoms with E-state index in [4.69, 9.17) is 4.74 Å². The highest BCUT2D eigenvalue weighted by Gasteiger charge is 2.24. The van der Waals surface area contributed by atoms with Crippen LogP contribution in [0.25, 0.3) is 11.4 Å². The minimum atomic E-state index is 0.168. The lowest BCUT2D eigenvalue weighted by atomic mass is 9.91. The number of hydrogen-bond donors (Lipinski definition) is 1. The van der Waals surface area contributed by atoms with Crippen molar-refractivity contribution in [3.63, 3.8) is 0 Å². The summed E-state index contributed by atoms with van der Waals surface area (Å²) in [6, 6.07) is 8.39. The molecule has 1 saturated heterocycles. The number of nitrogens with one attached hydrogen (secondary N) is 1. The number of rotatable bonds is 4. The number of H-pyrrole nitrogens is 1. The van der Waals surface area contributed by atoms with Crippen molar-refractivity contribution in [2.75, 3.05) is 6.61 Å². The Kier molecular flexibility index (Phi) is 3.90. The summed E-state index contributed by atoms with van der Waals surface area (Å²) < 4.78 is 8.14. The molecule has 6 nitrogen and oxygen atoms in total. The second-order valence-corrected chi connectivity index (χ2v) is 5.97. The largest absolute Gasteiger partial charge is 0.374 e. The van der Waals surface area contributed by atoms with Crippen LogP contribution >= 0.6 is 0 Å². The fourth-order valence-corrected chi connectivity index (χ4v) is 3.16. The van der Waals surface area contributed by atoms with Crippen LogP contribution < -0.4 is 0 Å². The normalized spacial score (nSPS) is 21.4. The molecule has 3 heterocycles. The third kappa shape index (κ3) is 3.17. The number of aromatic amines is 1. The first-order valence-electron chi connectivity index (χ1n) is 7.91. The molecule has 0 saturated carbocycles. The van der Waals surface area contributed by atoms with Gasteiger partial charge in [0.25, 0.3) is 0 Å². The van der Waals surface area contributed by atoms with E-state index in [2.05, 4.69) is 49.0 Å². The molecule has 118 valence electrons. The second-order valence-electron chi connectivity index (χ2n) is 5.97. The number of benzene rings is 1. The van der Waals surface area contributed by atoms with E-state index >= 15 is 0 Å². The van der Waals surface area contributed by atoms with Crippen molar-refractivity contribution in [3.05, 3.63) is 54.9 Å². The predicted molar refractivity (Wildman–Crippen MR) is 85.5 cm³/mol. The first-order chi connectivity index (χ1) is 11.4. The topological polar surface area (TPSA) is 68.6 Å². The van der Waals surface area contributed by atoms with E-state index in [1.807, 2.05) is 18.7 Å². The van der Waals surface area contributed by atoms with E-state index in [0.29, 0.717) is 5.92 Å². The van der Waals surface area contributed by atoms with E-state index in [1.165, 1.54) is 11.9 Å². The Balaban J connectivity index is 1.44. The maximum atomic E-state index is 5.98. The molecule has 4 rings (SSSR count). The molecule has 2 aromatic heterocycles. The number of nitrogens with zero attached hydrogens (tertiary/aromatic N) is 4. The lowest BCUT2D eigenvalue weighted by Gasteiger charge is -2.30. The average molecular weight is 309 g/mol. The molecule has 3 aromatic rings. The molecule has 1 fully saturated rings. The SMILES string of the molecule is c1cn(CC2CCOC(c3ccc(-c4ncn[nH]4)cc3)C2)cn1. The highest BCUT2D eigenvalue weighted by molar-refractivity contribution is 5.54. The van der Waals surface area contributed by atoms with Crippen LogP contribution in [0.2, 0.25) is 0 Å². The first kappa shape index (κ1) is 14.1. The smallest absolute Gasteiger partial charge is 0.155 e. The highest BCUT2D eigenvalue weighted by atomic mass is 16.5. The molecule has 0 aliphatic carbocycles. The van der Waals surface area contributed by atoms with E-state index in [-0.39, 0.29) is 6.10 Å². The Morgan fingerprint density at radius 2 is 2.17 bits per heavy atom. The van der Waals surface area contributed by atoms with Gasteiger partial charge in [0.15, 0.2) is 5.82 Å². The van der Waals surface area contributed by atoms with Gasteiger partial charge in [-0.1, -0.05) is 24.3 Å². The van der Waals surface area contributed by atoms with Crippen LogP contribution in [0.15, 0.2) is 49.3 Å². The molecule has 1 aliphatic heterocycles. The molecular formula is C17H19N5O. The third-order valence-corrected chi connectivity index (χ3v) is 4.39. The first-order valence-corrected chi connectivity index (χ1v) is 7.91. The number of ether oxygens (including phenoxy) is 1. The zero-order chi connectivity index (χ0) is 15.5. The van der Waals surface area contributed by atoms with Gasteiger partial charge in [-0.25, -0.2) is 9.97 Å². The van der Waals surface area contributed by atoms with Gasteiger partial charge in [0.2, 0.25) is 0 Å². The third-order valence-electron chi connectivity index (χ3n) is 4.39. The van der Waals surface area contributed by atoms with E-state index < -0.39 is 0 Å². The van der Waals surface area contributed by atoms with Gasteiger partial charge >= 0.3 is 0 Å². The van der Waals surface area contributed by atoms with Crippen molar-refractivity contribution < 1.29 is 4.74 Å². The monoisotopic (exact) mass is 309 g/mol. The fourth-order valence-electron chi connectivity index (χ4n) is 3.16. The molecule has 0 spiro atoms. The Bertz CT molecular complexity index is 721. The van der Waals surface area contributed by atoms with Crippen molar-refractivity contribution in [1.82, 2.24) is 24.7 Å². The molecule has 23 heavy (non-hydrogen) atoms. The minimum Gasteiger partial charge on any atom is -0.374 e. The van der Waals surface area contributed by atoms with Gasteiger partial charge in [0.1, 0.15) is 6.33 Å². The van der Waals surface area contributed by atoms with Gasteiger partial charge in [-0.2, -0.15) is 5.10 Å². The van der Waals surface area contributed by atoms with Crippen LogP contribution in [-0.2, 0) is 11.3 Å². The molecule has 2 unspecified atom stereocenters. The quantitative estimate of drug-likeness (QED) is 0.804. The van der Waals surface area contributed by atoms with Crippen LogP contribution in [0.5, 0.6) is 0 Å². The molecule has 0 radical (unpaired) electrons. The van der Waals surface area contributed by atoms with Crippen molar-refractivity contribution in [2.24, 2.45) is 5.92 Å². The Labute approximate surface area is 134 Å². The van der Waals surface area contributed by atoms with Gasteiger partial charge in [0, 0.05) is 31.1 Å². The summed E-state index contributed by atoms with van der Waals surface area (Å²) in [5.74, 6) is 1.41. The maximum absolute atomic E-state index is 5.98. The van der Waals surface area contributed by atoms with Crippen LogP contribution in [0, 0.1) is 5.92 Å². The summed E-state index contributed by atoms with van der Waals surface area (Å²) in [5.41, 5.74) is 2.26. The predicted octanol–water partition coefficient (Wildman–Crippen LogP) is 2.84. The van der Waals surface area contributed by atoms with Crippen molar-refractivity contribution in [2.45, 2.75) is 25.5 Å². The summed E-state index contributed by atoms with van der Waals surface area (Å²) in [6.07, 6.45) is 9.58. The van der Waals surface area contributed by atoms with Gasteiger partial charge in [0.05, 0.1) is 12.4 Å². The summed E-state index contributed by atoms with van der Waals surface area (Å²) in [7, 11) is 0. The summed E-state index contributed by atoms with van der Waals surface area (Å²) in [5, 5.41) is 6.77. The fraction of sp³-hybridized carbons (Fsp3) is 0.353. The minimum absolute atomic E-state index is 0.168. The standard InChI is InChI=1S/C17H19N5O/c1-3-15(17-19-11-20-21-17)4-2-14(1)16-9-13(5-8-23-16)10-22-7-6-18-12-22/h1-4,6-7,11-13,16H,5,8-10H2,(H,19,20,21). The molecular weight excluding hydrogens is 290 g/mol. The number of imidazole rings is 1. The van der Waals surface area contributed by atoms with Gasteiger partial charge in [-0.15, -0.1) is 0 Å². The Morgan fingerprint density at radius 1 is 1.26 bits per heavy atom. The van der Waals surface area contributed by atoms with Crippen LogP contribution in [0.3, 0.4) is 0 Å². The summed E-state index contributed by atoms with van der Waals surface area (Å²) >= 11 is 0. The van der Waals surface area contributed by atoms with Gasteiger partial charge in [-0.3, -0.25) is 5.10 Å². The molecule has 6 heteroatoms. The van der Waals surface area contributed by atoms with E-state index in [9.17, 15) is 0 Å². The lowest BCUT2D eigenvalue weighted by Crippen LogP contribution is -2.23. The molecule has 0 bridgehead atoms. The van der Waals surface area contributed by atoms with E-state index in [1.54, 1.807) is 0 Å². The summed E-state index contributed by atoms with van der Waals surface area (Å²) in [4.78, 5) is 8.29. The van der Waals surface area contributed by atoms with Crippen molar-refractivity contribution in [3.8, 4) is 11.4 Å². The van der Waals surface area contributed by atoms with Crippen LogP contribution in [0.4, 0.5) is 0 Å². The zero-order valence-electron chi connectivity index (χ0n) is 12.8. The Hall–Kier alpha value is -2.47. The molecule has 1 aliphatic rings. The highest BCUT2D eigenvalue weighted by Crippen LogP contribution is 2.33. The zero-order valence-corrected chi connectivity index (χ0v) is 12.8. The molecule has 2 atom stereocenters. The van der Waals surface area contributed by atoms with Crippen molar-refractivity contribution >= 4 is 0 Å². The van der Waals surface area contributed by atoms with Crippen LogP contribution in [0.1, 0.15) is 24.5 Å². The van der Waals surface area contributed by atoms with E-state index in [0.717, 1.165) is 37.4 Å². The Morgan fingerprint density at radius 3 is 2.91 bits per heavy atom. The van der Waals surface area contributed by atoms with Gasteiger partial charge < -0.3 is 9.30 Å². The maximum Gasteiger partial charge on any atom is 0.155 e. The molecule has 1 N–H and O–H groups in total. The second kappa shape index (κ2) is 6.34. The van der Waals surface area contributed by atoms with Gasteiger partial charge in [-0.05, 0) is 24.3 Å². The lowest BCUT2D eigenvalue weighted by molar-refractivity contribution is -0.0138. The van der Waals surface area contributed by atoms with Crippen molar-refractivity contribution in [1.29, 1.82) is 0 Å².